The van der Waals surface area contributed by atoms with Crippen LogP contribution in [-0.2, 0) is 14.6 Å². The molecule has 0 spiro atoms. The Balaban J connectivity index is 3.82. The SMILES string of the molecule is CCCS(=O)(=O)CCCCC(=O)C(C)(C)C. The van der Waals surface area contributed by atoms with Gasteiger partial charge in [-0.1, -0.05) is 27.7 Å². The maximum atomic E-state index is 11.6. The van der Waals surface area contributed by atoms with Gasteiger partial charge in [0.05, 0.1) is 5.75 Å². The minimum absolute atomic E-state index is 0.209. The van der Waals surface area contributed by atoms with Crippen LogP contribution in [0.3, 0.4) is 0 Å². The van der Waals surface area contributed by atoms with Gasteiger partial charge in [0.2, 0.25) is 0 Å². The molecule has 4 heteroatoms. The average molecular weight is 248 g/mol. The molecular formula is C12H24O3S. The van der Waals surface area contributed by atoms with Crippen molar-refractivity contribution in [3.8, 4) is 0 Å². The summed E-state index contributed by atoms with van der Waals surface area (Å²) < 4.78 is 22.8. The lowest BCUT2D eigenvalue weighted by molar-refractivity contribution is -0.126. The van der Waals surface area contributed by atoms with Crippen molar-refractivity contribution in [1.82, 2.24) is 0 Å². The maximum Gasteiger partial charge on any atom is 0.150 e. The average Bonchev–Trinajstić information content (AvgIpc) is 2.10. The monoisotopic (exact) mass is 248 g/mol. The summed E-state index contributed by atoms with van der Waals surface area (Å²) >= 11 is 0. The number of unbranched alkanes of at least 4 members (excludes halogenated alkanes) is 1. The van der Waals surface area contributed by atoms with Crippen LogP contribution in [0.2, 0.25) is 0 Å². The number of ketones is 1. The molecule has 0 saturated heterocycles. The normalized spacial score (nSPS) is 12.8. The van der Waals surface area contributed by atoms with Crippen LogP contribution in [-0.4, -0.2) is 25.7 Å². The second-order valence-corrected chi connectivity index (χ2v) is 7.59. The van der Waals surface area contributed by atoms with Gasteiger partial charge in [0.15, 0.2) is 0 Å². The van der Waals surface area contributed by atoms with Crippen molar-refractivity contribution in [2.75, 3.05) is 11.5 Å². The van der Waals surface area contributed by atoms with E-state index in [2.05, 4.69) is 0 Å². The minimum atomic E-state index is -2.88. The highest BCUT2D eigenvalue weighted by Crippen LogP contribution is 2.18. The molecule has 0 heterocycles. The van der Waals surface area contributed by atoms with Crippen LogP contribution in [0.15, 0.2) is 0 Å². The molecule has 0 aliphatic carbocycles. The highest BCUT2D eigenvalue weighted by molar-refractivity contribution is 7.91. The topological polar surface area (TPSA) is 51.2 Å². The Morgan fingerprint density at radius 3 is 2.06 bits per heavy atom. The highest BCUT2D eigenvalue weighted by Gasteiger charge is 2.20. The molecule has 0 unspecified atom stereocenters. The van der Waals surface area contributed by atoms with Gasteiger partial charge in [-0.2, -0.15) is 0 Å². The molecule has 0 atom stereocenters. The summed E-state index contributed by atoms with van der Waals surface area (Å²) in [7, 11) is -2.88. The summed E-state index contributed by atoms with van der Waals surface area (Å²) in [5.74, 6) is 0.693. The molecule has 0 aromatic heterocycles. The third-order valence-corrected chi connectivity index (χ3v) is 4.40. The van der Waals surface area contributed by atoms with E-state index >= 15 is 0 Å². The van der Waals surface area contributed by atoms with E-state index in [9.17, 15) is 13.2 Å². The molecule has 0 aromatic carbocycles. The fourth-order valence-electron chi connectivity index (χ4n) is 1.40. The summed E-state index contributed by atoms with van der Waals surface area (Å²) in [5, 5.41) is 0. The highest BCUT2D eigenvalue weighted by atomic mass is 32.2. The fraction of sp³-hybridized carbons (Fsp3) is 0.917. The molecule has 0 aliphatic rings. The van der Waals surface area contributed by atoms with E-state index in [0.717, 1.165) is 0 Å². The number of sulfone groups is 1. The van der Waals surface area contributed by atoms with Gasteiger partial charge >= 0.3 is 0 Å². The molecule has 3 nitrogen and oxygen atoms in total. The van der Waals surface area contributed by atoms with Crippen molar-refractivity contribution in [3.05, 3.63) is 0 Å². The quantitative estimate of drug-likeness (QED) is 0.651. The molecule has 0 radical (unpaired) electrons. The van der Waals surface area contributed by atoms with Crippen LogP contribution in [0.5, 0.6) is 0 Å². The molecule has 0 aromatic rings. The molecule has 16 heavy (non-hydrogen) atoms. The van der Waals surface area contributed by atoms with Crippen LogP contribution in [0, 0.1) is 5.41 Å². The van der Waals surface area contributed by atoms with E-state index < -0.39 is 9.84 Å². The third kappa shape index (κ3) is 6.99. The Morgan fingerprint density at radius 1 is 1.06 bits per heavy atom. The van der Waals surface area contributed by atoms with Crippen LogP contribution in [0.1, 0.15) is 53.4 Å². The summed E-state index contributed by atoms with van der Waals surface area (Å²) in [6, 6.07) is 0. The van der Waals surface area contributed by atoms with Crippen molar-refractivity contribution in [1.29, 1.82) is 0 Å². The summed E-state index contributed by atoms with van der Waals surface area (Å²) in [6.45, 7) is 7.54. The zero-order valence-electron chi connectivity index (χ0n) is 10.9. The summed E-state index contributed by atoms with van der Waals surface area (Å²) in [5.41, 5.74) is -0.303. The smallest absolute Gasteiger partial charge is 0.150 e. The Labute approximate surface area is 99.5 Å². The van der Waals surface area contributed by atoms with Crippen molar-refractivity contribution < 1.29 is 13.2 Å². The Bertz CT molecular complexity index is 310. The lowest BCUT2D eigenvalue weighted by Gasteiger charge is -2.16. The van der Waals surface area contributed by atoms with Crippen LogP contribution >= 0.6 is 0 Å². The van der Waals surface area contributed by atoms with Gasteiger partial charge in [-0.05, 0) is 19.3 Å². The van der Waals surface area contributed by atoms with Crippen LogP contribution in [0.4, 0.5) is 0 Å². The predicted octanol–water partition coefficient (Wildman–Crippen LogP) is 2.60. The third-order valence-electron chi connectivity index (χ3n) is 2.46. The first kappa shape index (κ1) is 15.6. The second kappa shape index (κ2) is 6.38. The van der Waals surface area contributed by atoms with E-state index in [-0.39, 0.29) is 22.7 Å². The number of carbonyl (C=O) groups excluding carboxylic acids is 1. The van der Waals surface area contributed by atoms with Gasteiger partial charge < -0.3 is 0 Å². The van der Waals surface area contributed by atoms with E-state index in [1.807, 2.05) is 27.7 Å². The van der Waals surface area contributed by atoms with Crippen molar-refractivity contribution >= 4 is 15.6 Å². The van der Waals surface area contributed by atoms with Crippen molar-refractivity contribution in [2.45, 2.75) is 53.4 Å². The first-order valence-corrected chi connectivity index (χ1v) is 7.75. The largest absolute Gasteiger partial charge is 0.299 e. The Kier molecular flexibility index (Phi) is 6.23. The molecule has 96 valence electrons. The summed E-state index contributed by atoms with van der Waals surface area (Å²) in [6.07, 6.45) is 2.44. The standard InChI is InChI=1S/C12H24O3S/c1-5-9-16(14,15)10-7-6-8-11(13)12(2,3)4/h5-10H2,1-4H3. The van der Waals surface area contributed by atoms with Gasteiger partial charge in [-0.3, -0.25) is 4.79 Å². The van der Waals surface area contributed by atoms with Crippen LogP contribution in [0.25, 0.3) is 0 Å². The molecule has 0 amide bonds. The number of Topliss-reactive ketones (excluding diaryl/α,β-unsaturated/α-hetero) is 1. The second-order valence-electron chi connectivity index (χ2n) is 5.28. The van der Waals surface area contributed by atoms with E-state index in [4.69, 9.17) is 0 Å². The maximum absolute atomic E-state index is 11.6. The zero-order chi connectivity index (χ0) is 12.8. The molecular weight excluding hydrogens is 224 g/mol. The van der Waals surface area contributed by atoms with Gasteiger partial charge in [0, 0.05) is 17.6 Å². The number of hydrogen-bond acceptors (Lipinski definition) is 3. The first-order chi connectivity index (χ1) is 7.19. The van der Waals surface area contributed by atoms with Crippen molar-refractivity contribution in [3.63, 3.8) is 0 Å². The Hall–Kier alpha value is -0.380. The molecule has 0 N–H and O–H groups in total. The number of rotatable bonds is 7. The minimum Gasteiger partial charge on any atom is -0.299 e. The Morgan fingerprint density at radius 2 is 1.62 bits per heavy atom. The van der Waals surface area contributed by atoms with Crippen molar-refractivity contribution in [2.24, 2.45) is 5.41 Å². The molecule has 0 bridgehead atoms. The lowest BCUT2D eigenvalue weighted by atomic mass is 9.88. The number of carbonyl (C=O) groups is 1. The predicted molar refractivity (Wildman–Crippen MR) is 67.3 cm³/mol. The molecule has 0 rings (SSSR count). The summed E-state index contributed by atoms with van der Waals surface area (Å²) in [4.78, 5) is 11.6. The fourth-order valence-corrected chi connectivity index (χ4v) is 2.87. The first-order valence-electron chi connectivity index (χ1n) is 5.93. The van der Waals surface area contributed by atoms with Crippen LogP contribution < -0.4 is 0 Å². The molecule has 0 saturated carbocycles. The van der Waals surface area contributed by atoms with Gasteiger partial charge in [0.25, 0.3) is 0 Å². The van der Waals surface area contributed by atoms with Gasteiger partial charge in [0.1, 0.15) is 15.6 Å². The van der Waals surface area contributed by atoms with E-state index in [0.29, 0.717) is 25.7 Å². The van der Waals surface area contributed by atoms with Gasteiger partial charge in [-0.25, -0.2) is 8.42 Å². The lowest BCUT2D eigenvalue weighted by Crippen LogP contribution is -2.20. The zero-order valence-corrected chi connectivity index (χ0v) is 11.7. The van der Waals surface area contributed by atoms with Gasteiger partial charge in [-0.15, -0.1) is 0 Å². The molecule has 0 fully saturated rings. The molecule has 0 aliphatic heterocycles. The van der Waals surface area contributed by atoms with E-state index in [1.165, 1.54) is 0 Å². The number of hydrogen-bond donors (Lipinski definition) is 0. The van der Waals surface area contributed by atoms with E-state index in [1.54, 1.807) is 0 Å².